The van der Waals surface area contributed by atoms with Gasteiger partial charge < -0.3 is 20.3 Å². The number of hydrogen-bond acceptors (Lipinski definition) is 6. The molecule has 0 atom stereocenters. The summed E-state index contributed by atoms with van der Waals surface area (Å²) in [7, 11) is 0. The minimum atomic E-state index is -0.404. The highest BCUT2D eigenvalue weighted by Crippen LogP contribution is 2.25. The molecule has 0 radical (unpaired) electrons. The van der Waals surface area contributed by atoms with Crippen LogP contribution >= 0.6 is 0 Å². The molecule has 0 spiro atoms. The van der Waals surface area contributed by atoms with Gasteiger partial charge in [0.05, 0.1) is 30.1 Å². The molecule has 0 bridgehead atoms. The predicted octanol–water partition coefficient (Wildman–Crippen LogP) is 2.35. The number of para-hydroxylation sites is 1. The Morgan fingerprint density at radius 3 is 2.95 bits per heavy atom. The fourth-order valence-electron chi connectivity index (χ4n) is 1.83. The first-order valence-electron chi connectivity index (χ1n) is 6.33. The van der Waals surface area contributed by atoms with Crippen LogP contribution in [0.4, 0.5) is 11.4 Å². The smallest absolute Gasteiger partial charge is 0.340 e. The van der Waals surface area contributed by atoms with Crippen molar-refractivity contribution < 1.29 is 14.1 Å². The summed E-state index contributed by atoms with van der Waals surface area (Å²) >= 11 is 0. The summed E-state index contributed by atoms with van der Waals surface area (Å²) < 4.78 is 10.00. The first-order valence-corrected chi connectivity index (χ1v) is 6.33. The SMILES string of the molecule is CCOC(=O)c1cccc(N)c1NCc1cc(C)on1. The summed E-state index contributed by atoms with van der Waals surface area (Å²) in [6.45, 7) is 4.31. The molecular formula is C14H17N3O3. The lowest BCUT2D eigenvalue weighted by Gasteiger charge is -2.12. The van der Waals surface area contributed by atoms with Crippen LogP contribution in [0, 0.1) is 6.92 Å². The number of rotatable bonds is 5. The molecule has 0 fully saturated rings. The number of carbonyl (C=O) groups excluding carboxylic acids is 1. The van der Waals surface area contributed by atoms with E-state index in [1.54, 1.807) is 25.1 Å². The number of aryl methyl sites for hydroxylation is 1. The summed E-state index contributed by atoms with van der Waals surface area (Å²) in [4.78, 5) is 11.9. The van der Waals surface area contributed by atoms with Crippen molar-refractivity contribution in [1.29, 1.82) is 0 Å². The summed E-state index contributed by atoms with van der Waals surface area (Å²) in [6, 6.07) is 6.92. The maximum atomic E-state index is 11.9. The fraction of sp³-hybridized carbons (Fsp3) is 0.286. The molecule has 0 aliphatic rings. The van der Waals surface area contributed by atoms with Crippen molar-refractivity contribution in [3.05, 3.63) is 41.3 Å². The van der Waals surface area contributed by atoms with Crippen molar-refractivity contribution in [3.8, 4) is 0 Å². The van der Waals surface area contributed by atoms with E-state index in [1.165, 1.54) is 0 Å². The lowest BCUT2D eigenvalue weighted by atomic mass is 10.1. The average molecular weight is 275 g/mol. The lowest BCUT2D eigenvalue weighted by Crippen LogP contribution is -2.11. The highest BCUT2D eigenvalue weighted by Gasteiger charge is 2.15. The number of nitrogen functional groups attached to an aromatic ring is 1. The number of nitrogens with one attached hydrogen (secondary N) is 1. The van der Waals surface area contributed by atoms with Gasteiger partial charge in [0.25, 0.3) is 0 Å². The Hall–Kier alpha value is -2.50. The van der Waals surface area contributed by atoms with Gasteiger partial charge in [-0.05, 0) is 26.0 Å². The second kappa shape index (κ2) is 6.10. The normalized spacial score (nSPS) is 10.3. The second-order valence-corrected chi connectivity index (χ2v) is 4.27. The van der Waals surface area contributed by atoms with Gasteiger partial charge in [0.2, 0.25) is 0 Å². The van der Waals surface area contributed by atoms with E-state index < -0.39 is 5.97 Å². The molecule has 0 saturated heterocycles. The van der Waals surface area contributed by atoms with Gasteiger partial charge in [0.15, 0.2) is 0 Å². The van der Waals surface area contributed by atoms with Gasteiger partial charge in [-0.15, -0.1) is 0 Å². The highest BCUT2D eigenvalue weighted by atomic mass is 16.5. The number of aromatic nitrogens is 1. The molecule has 1 heterocycles. The molecule has 0 saturated carbocycles. The summed E-state index contributed by atoms with van der Waals surface area (Å²) in [6.07, 6.45) is 0. The number of anilines is 2. The van der Waals surface area contributed by atoms with Crippen molar-refractivity contribution in [1.82, 2.24) is 5.16 Å². The fourth-order valence-corrected chi connectivity index (χ4v) is 1.83. The molecule has 2 aromatic rings. The van der Waals surface area contributed by atoms with Gasteiger partial charge in [0.1, 0.15) is 11.5 Å². The van der Waals surface area contributed by atoms with Gasteiger partial charge in [0, 0.05) is 6.07 Å². The Morgan fingerprint density at radius 2 is 2.30 bits per heavy atom. The minimum absolute atomic E-state index is 0.315. The van der Waals surface area contributed by atoms with E-state index in [0.717, 1.165) is 11.5 Å². The van der Waals surface area contributed by atoms with Gasteiger partial charge in [-0.2, -0.15) is 0 Å². The molecule has 6 heteroatoms. The number of carbonyl (C=O) groups is 1. The maximum absolute atomic E-state index is 11.9. The Labute approximate surface area is 116 Å². The quantitative estimate of drug-likeness (QED) is 0.643. The minimum Gasteiger partial charge on any atom is -0.462 e. The Kier molecular flexibility index (Phi) is 4.24. The standard InChI is InChI=1S/C14H17N3O3/c1-3-19-14(18)11-5-4-6-12(15)13(11)16-8-10-7-9(2)20-17-10/h4-7,16H,3,8,15H2,1-2H3. The molecule has 20 heavy (non-hydrogen) atoms. The van der Waals surface area contributed by atoms with Crippen molar-refractivity contribution in [2.75, 3.05) is 17.7 Å². The van der Waals surface area contributed by atoms with Crippen molar-refractivity contribution in [2.45, 2.75) is 20.4 Å². The zero-order valence-electron chi connectivity index (χ0n) is 11.5. The first kappa shape index (κ1) is 13.9. The monoisotopic (exact) mass is 275 g/mol. The first-order chi connectivity index (χ1) is 9.61. The molecule has 0 unspecified atom stereocenters. The Morgan fingerprint density at radius 1 is 1.50 bits per heavy atom. The van der Waals surface area contributed by atoms with E-state index in [9.17, 15) is 4.79 Å². The third-order valence-corrected chi connectivity index (χ3v) is 2.72. The number of hydrogen-bond donors (Lipinski definition) is 2. The van der Waals surface area contributed by atoms with E-state index >= 15 is 0 Å². The molecule has 0 amide bonds. The van der Waals surface area contributed by atoms with Crippen LogP contribution in [0.5, 0.6) is 0 Å². The van der Waals surface area contributed by atoms with Gasteiger partial charge in [-0.1, -0.05) is 11.2 Å². The van der Waals surface area contributed by atoms with Crippen molar-refractivity contribution in [2.24, 2.45) is 0 Å². The molecule has 3 N–H and O–H groups in total. The maximum Gasteiger partial charge on any atom is 0.340 e. The van der Waals surface area contributed by atoms with E-state index in [1.807, 2.05) is 13.0 Å². The van der Waals surface area contributed by atoms with E-state index in [0.29, 0.717) is 30.1 Å². The van der Waals surface area contributed by atoms with Crippen LogP contribution in [-0.4, -0.2) is 17.7 Å². The average Bonchev–Trinajstić information content (AvgIpc) is 2.83. The topological polar surface area (TPSA) is 90.4 Å². The molecule has 1 aromatic heterocycles. The van der Waals surface area contributed by atoms with Gasteiger partial charge >= 0.3 is 5.97 Å². The van der Waals surface area contributed by atoms with Gasteiger partial charge in [-0.25, -0.2) is 4.79 Å². The molecule has 106 valence electrons. The number of esters is 1. The van der Waals surface area contributed by atoms with Crippen molar-refractivity contribution >= 4 is 17.3 Å². The number of nitrogens with two attached hydrogens (primary N) is 1. The van der Waals surface area contributed by atoms with Crippen LogP contribution in [0.1, 0.15) is 28.7 Å². The number of ether oxygens (including phenoxy) is 1. The predicted molar refractivity (Wildman–Crippen MR) is 75.4 cm³/mol. The van der Waals surface area contributed by atoms with Crippen LogP contribution in [0.15, 0.2) is 28.8 Å². The van der Waals surface area contributed by atoms with E-state index in [4.69, 9.17) is 15.0 Å². The molecular weight excluding hydrogens is 258 g/mol. The summed E-state index contributed by atoms with van der Waals surface area (Å²) in [5.41, 5.74) is 8.09. The zero-order chi connectivity index (χ0) is 14.5. The van der Waals surface area contributed by atoms with E-state index in [-0.39, 0.29) is 0 Å². The molecule has 2 rings (SSSR count). The van der Waals surface area contributed by atoms with Crippen LogP contribution in [0.25, 0.3) is 0 Å². The van der Waals surface area contributed by atoms with Crippen molar-refractivity contribution in [3.63, 3.8) is 0 Å². The largest absolute Gasteiger partial charge is 0.462 e. The highest BCUT2D eigenvalue weighted by molar-refractivity contribution is 5.98. The van der Waals surface area contributed by atoms with E-state index in [2.05, 4.69) is 10.5 Å². The summed E-state index contributed by atoms with van der Waals surface area (Å²) in [5.74, 6) is 0.326. The molecule has 6 nitrogen and oxygen atoms in total. The van der Waals surface area contributed by atoms with Crippen LogP contribution in [0.3, 0.4) is 0 Å². The third-order valence-electron chi connectivity index (χ3n) is 2.72. The number of nitrogens with zero attached hydrogens (tertiary/aromatic N) is 1. The molecule has 1 aromatic carbocycles. The third kappa shape index (κ3) is 3.09. The lowest BCUT2D eigenvalue weighted by molar-refractivity contribution is 0.0527. The van der Waals surface area contributed by atoms with Crippen LogP contribution in [-0.2, 0) is 11.3 Å². The number of benzene rings is 1. The van der Waals surface area contributed by atoms with Gasteiger partial charge in [-0.3, -0.25) is 0 Å². The Balaban J connectivity index is 2.19. The zero-order valence-corrected chi connectivity index (χ0v) is 11.5. The molecule has 0 aliphatic carbocycles. The van der Waals surface area contributed by atoms with Crippen LogP contribution in [0.2, 0.25) is 0 Å². The summed E-state index contributed by atoms with van der Waals surface area (Å²) in [5, 5.41) is 6.98. The second-order valence-electron chi connectivity index (χ2n) is 4.27. The Bertz CT molecular complexity index is 607. The molecule has 0 aliphatic heterocycles. The van der Waals surface area contributed by atoms with Crippen LogP contribution < -0.4 is 11.1 Å².